The zero-order chi connectivity index (χ0) is 15.4. The first-order chi connectivity index (χ1) is 10.0. The Balaban J connectivity index is 1.91. The van der Waals surface area contributed by atoms with Crippen LogP contribution in [-0.4, -0.2) is 55.6 Å². The molecule has 3 nitrogen and oxygen atoms in total. The summed E-state index contributed by atoms with van der Waals surface area (Å²) < 4.78 is 13.4. The van der Waals surface area contributed by atoms with Gasteiger partial charge in [-0.3, -0.25) is 4.90 Å². The van der Waals surface area contributed by atoms with Crippen molar-refractivity contribution < 1.29 is 4.39 Å². The number of benzene rings is 1. The highest BCUT2D eigenvalue weighted by Gasteiger charge is 2.26. The van der Waals surface area contributed by atoms with Gasteiger partial charge in [-0.1, -0.05) is 12.1 Å². The molecule has 1 aliphatic rings. The Labute approximate surface area is 128 Å². The van der Waals surface area contributed by atoms with Crippen LogP contribution < -0.4 is 5.32 Å². The second-order valence-electron chi connectivity index (χ2n) is 6.31. The lowest BCUT2D eigenvalue weighted by Crippen LogP contribution is -2.55. The highest BCUT2D eigenvalue weighted by atomic mass is 19.1. The lowest BCUT2D eigenvalue weighted by atomic mass is 10.0. The van der Waals surface area contributed by atoms with Crippen LogP contribution in [0.3, 0.4) is 0 Å². The van der Waals surface area contributed by atoms with E-state index in [1.54, 1.807) is 12.1 Å². The first-order valence-electron chi connectivity index (χ1n) is 7.88. The number of piperazine rings is 1. The summed E-state index contributed by atoms with van der Waals surface area (Å²) in [7, 11) is 4.15. The summed E-state index contributed by atoms with van der Waals surface area (Å²) in [5, 5.41) is 3.31. The SMILES string of the molecule is CNC(CCN1CC(C)N(C)C(C)C1)c1cccc(F)c1. The Bertz CT molecular complexity index is 439. The standard InChI is InChI=1S/C17H28FN3/c1-13-11-21(12-14(2)20(13)4)9-8-17(19-3)15-6-5-7-16(18)10-15/h5-7,10,13-14,17,19H,8-9,11-12H2,1-4H3. The van der Waals surface area contributed by atoms with Gasteiger partial charge >= 0.3 is 0 Å². The fourth-order valence-corrected chi connectivity index (χ4v) is 3.21. The number of likely N-dealkylation sites (N-methyl/N-ethyl adjacent to an activating group) is 1. The number of nitrogens with one attached hydrogen (secondary N) is 1. The Kier molecular flexibility index (Phi) is 5.73. The topological polar surface area (TPSA) is 18.5 Å². The molecule has 21 heavy (non-hydrogen) atoms. The van der Waals surface area contributed by atoms with E-state index in [1.807, 2.05) is 13.1 Å². The highest BCUT2D eigenvalue weighted by Crippen LogP contribution is 2.20. The molecule has 0 aromatic heterocycles. The van der Waals surface area contributed by atoms with Gasteiger partial charge in [0.15, 0.2) is 0 Å². The first-order valence-corrected chi connectivity index (χ1v) is 7.88. The van der Waals surface area contributed by atoms with Gasteiger partial charge in [-0.05, 0) is 52.1 Å². The van der Waals surface area contributed by atoms with Crippen molar-refractivity contribution in [2.45, 2.75) is 38.4 Å². The van der Waals surface area contributed by atoms with Crippen LogP contribution in [0.5, 0.6) is 0 Å². The lowest BCUT2D eigenvalue weighted by molar-refractivity contribution is 0.0579. The van der Waals surface area contributed by atoms with Crippen LogP contribution in [0.15, 0.2) is 24.3 Å². The van der Waals surface area contributed by atoms with E-state index >= 15 is 0 Å². The van der Waals surface area contributed by atoms with E-state index in [-0.39, 0.29) is 11.9 Å². The van der Waals surface area contributed by atoms with Crippen molar-refractivity contribution in [3.8, 4) is 0 Å². The van der Waals surface area contributed by atoms with Crippen molar-refractivity contribution >= 4 is 0 Å². The fourth-order valence-electron chi connectivity index (χ4n) is 3.21. The highest BCUT2D eigenvalue weighted by molar-refractivity contribution is 5.20. The van der Waals surface area contributed by atoms with E-state index in [4.69, 9.17) is 0 Å². The number of rotatable bonds is 5. The third-order valence-electron chi connectivity index (χ3n) is 4.77. The fraction of sp³-hybridized carbons (Fsp3) is 0.647. The minimum Gasteiger partial charge on any atom is -0.313 e. The number of halogens is 1. The van der Waals surface area contributed by atoms with Crippen molar-refractivity contribution in [3.63, 3.8) is 0 Å². The van der Waals surface area contributed by atoms with Crippen LogP contribution in [0.1, 0.15) is 31.9 Å². The minimum atomic E-state index is -0.158. The second-order valence-corrected chi connectivity index (χ2v) is 6.31. The molecule has 0 spiro atoms. The molecule has 1 N–H and O–H groups in total. The van der Waals surface area contributed by atoms with Gasteiger partial charge < -0.3 is 10.2 Å². The van der Waals surface area contributed by atoms with Crippen molar-refractivity contribution in [1.82, 2.24) is 15.1 Å². The molecule has 3 unspecified atom stereocenters. The number of nitrogens with zero attached hydrogens (tertiary/aromatic N) is 2. The summed E-state index contributed by atoms with van der Waals surface area (Å²) in [4.78, 5) is 4.97. The van der Waals surface area contributed by atoms with Crippen molar-refractivity contribution in [3.05, 3.63) is 35.6 Å². The molecule has 0 aliphatic carbocycles. The van der Waals surface area contributed by atoms with Crippen LogP contribution in [0.4, 0.5) is 4.39 Å². The Hall–Kier alpha value is -0.970. The molecule has 4 heteroatoms. The third kappa shape index (κ3) is 4.25. The molecule has 1 saturated heterocycles. The van der Waals surface area contributed by atoms with Gasteiger partial charge in [0.05, 0.1) is 0 Å². The normalized spacial score (nSPS) is 26.0. The first kappa shape index (κ1) is 16.4. The Morgan fingerprint density at radius 3 is 2.52 bits per heavy atom. The predicted octanol–water partition coefficient (Wildman–Crippen LogP) is 2.50. The van der Waals surface area contributed by atoms with Crippen LogP contribution in [-0.2, 0) is 0 Å². The number of hydrogen-bond donors (Lipinski definition) is 1. The van der Waals surface area contributed by atoms with Gasteiger partial charge in [-0.15, -0.1) is 0 Å². The zero-order valence-electron chi connectivity index (χ0n) is 13.6. The molecule has 0 amide bonds. The molecule has 1 heterocycles. The van der Waals surface area contributed by atoms with Gasteiger partial charge in [0.1, 0.15) is 5.82 Å². The second kappa shape index (κ2) is 7.34. The molecule has 0 radical (unpaired) electrons. The lowest BCUT2D eigenvalue weighted by Gasteiger charge is -2.42. The maximum atomic E-state index is 13.4. The molecule has 1 aromatic carbocycles. The van der Waals surface area contributed by atoms with Crippen LogP contribution in [0.2, 0.25) is 0 Å². The summed E-state index contributed by atoms with van der Waals surface area (Å²) in [5.41, 5.74) is 1.03. The zero-order valence-corrected chi connectivity index (χ0v) is 13.6. The predicted molar refractivity (Wildman–Crippen MR) is 85.9 cm³/mol. The molecular formula is C17H28FN3. The summed E-state index contributed by atoms with van der Waals surface area (Å²) in [6, 6.07) is 8.32. The average molecular weight is 293 g/mol. The van der Waals surface area contributed by atoms with Gasteiger partial charge in [-0.2, -0.15) is 0 Å². The van der Waals surface area contributed by atoms with Crippen molar-refractivity contribution in [2.75, 3.05) is 33.7 Å². The molecule has 1 aliphatic heterocycles. The van der Waals surface area contributed by atoms with Crippen LogP contribution in [0, 0.1) is 5.82 Å². The van der Waals surface area contributed by atoms with Crippen LogP contribution >= 0.6 is 0 Å². The maximum Gasteiger partial charge on any atom is 0.123 e. The summed E-state index contributed by atoms with van der Waals surface area (Å²) in [6.07, 6.45) is 1.00. The molecule has 1 fully saturated rings. The minimum absolute atomic E-state index is 0.158. The van der Waals surface area contributed by atoms with Gasteiger partial charge in [0.25, 0.3) is 0 Å². The average Bonchev–Trinajstić information content (AvgIpc) is 2.45. The van der Waals surface area contributed by atoms with Crippen molar-refractivity contribution in [1.29, 1.82) is 0 Å². The van der Waals surface area contributed by atoms with E-state index in [1.165, 1.54) is 6.07 Å². The summed E-state index contributed by atoms with van der Waals surface area (Å²) >= 11 is 0. The summed E-state index contributed by atoms with van der Waals surface area (Å²) in [6.45, 7) is 7.83. The Morgan fingerprint density at radius 1 is 1.29 bits per heavy atom. The van der Waals surface area contributed by atoms with Gasteiger partial charge in [0.2, 0.25) is 0 Å². The van der Waals surface area contributed by atoms with E-state index in [9.17, 15) is 4.39 Å². The van der Waals surface area contributed by atoms with Gasteiger partial charge in [-0.25, -0.2) is 4.39 Å². The molecule has 0 saturated carbocycles. The smallest absolute Gasteiger partial charge is 0.123 e. The monoisotopic (exact) mass is 293 g/mol. The molecule has 0 bridgehead atoms. The molecular weight excluding hydrogens is 265 g/mol. The van der Waals surface area contributed by atoms with E-state index < -0.39 is 0 Å². The van der Waals surface area contributed by atoms with E-state index in [0.717, 1.165) is 31.6 Å². The molecule has 118 valence electrons. The maximum absolute atomic E-state index is 13.4. The largest absolute Gasteiger partial charge is 0.313 e. The quantitative estimate of drug-likeness (QED) is 0.900. The van der Waals surface area contributed by atoms with Gasteiger partial charge in [0, 0.05) is 37.8 Å². The molecule has 3 atom stereocenters. The Morgan fingerprint density at radius 2 is 1.95 bits per heavy atom. The molecule has 1 aromatic rings. The number of hydrogen-bond acceptors (Lipinski definition) is 3. The molecule has 2 rings (SSSR count). The van der Waals surface area contributed by atoms with Crippen molar-refractivity contribution in [2.24, 2.45) is 0 Å². The third-order valence-corrected chi connectivity index (χ3v) is 4.77. The van der Waals surface area contributed by atoms with E-state index in [0.29, 0.717) is 12.1 Å². The van der Waals surface area contributed by atoms with E-state index in [2.05, 4.69) is 36.0 Å². The summed E-state index contributed by atoms with van der Waals surface area (Å²) in [5.74, 6) is -0.158. The van der Waals surface area contributed by atoms with Crippen LogP contribution in [0.25, 0.3) is 0 Å².